The van der Waals surface area contributed by atoms with Gasteiger partial charge < -0.3 is 14.6 Å². The standard InChI is InChI=1S/C22H29ClO4/c1-12(2)17(23)6-5-13(3)14-7-8-21(4)16(14)9-15-19(27-21)18-10-22(25,11-26-18)20(15)24/h5,14,16-18,25H,1,6-11H2,2-4H3. The molecule has 0 aromatic heterocycles. The van der Waals surface area contributed by atoms with Crippen LogP contribution in [0.3, 0.4) is 0 Å². The lowest BCUT2D eigenvalue weighted by molar-refractivity contribution is -0.136. The van der Waals surface area contributed by atoms with Crippen molar-refractivity contribution in [2.24, 2.45) is 11.8 Å². The molecule has 0 amide bonds. The topological polar surface area (TPSA) is 55.8 Å². The van der Waals surface area contributed by atoms with Gasteiger partial charge in [-0.3, -0.25) is 4.79 Å². The number of ether oxygens (including phenoxy) is 2. The number of halogens is 1. The third-order valence-electron chi connectivity index (χ3n) is 7.09. The average molecular weight is 393 g/mol. The van der Waals surface area contributed by atoms with Gasteiger partial charge in [-0.25, -0.2) is 0 Å². The first-order valence-electron chi connectivity index (χ1n) is 9.91. The van der Waals surface area contributed by atoms with E-state index in [-0.39, 0.29) is 35.4 Å². The maximum atomic E-state index is 12.9. The van der Waals surface area contributed by atoms with Crippen molar-refractivity contribution in [1.82, 2.24) is 0 Å². The number of alkyl halides is 1. The molecule has 0 spiro atoms. The molecule has 148 valence electrons. The van der Waals surface area contributed by atoms with Crippen molar-refractivity contribution in [2.45, 2.75) is 75.6 Å². The molecule has 4 aliphatic rings. The van der Waals surface area contributed by atoms with Gasteiger partial charge in [0.2, 0.25) is 0 Å². The van der Waals surface area contributed by atoms with Crippen molar-refractivity contribution < 1.29 is 19.4 Å². The summed E-state index contributed by atoms with van der Waals surface area (Å²) in [6.07, 6.45) is 5.69. The Balaban J connectivity index is 1.59. The third kappa shape index (κ3) is 3.01. The van der Waals surface area contributed by atoms with Gasteiger partial charge >= 0.3 is 0 Å². The van der Waals surface area contributed by atoms with E-state index in [9.17, 15) is 9.90 Å². The van der Waals surface area contributed by atoms with Gasteiger partial charge in [0, 0.05) is 17.9 Å². The first-order chi connectivity index (χ1) is 12.6. The number of rotatable bonds is 4. The van der Waals surface area contributed by atoms with E-state index in [4.69, 9.17) is 21.1 Å². The minimum Gasteiger partial charge on any atom is -0.488 e. The summed E-state index contributed by atoms with van der Waals surface area (Å²) in [5.74, 6) is 1.09. The highest BCUT2D eigenvalue weighted by molar-refractivity contribution is 6.22. The molecule has 6 unspecified atom stereocenters. The van der Waals surface area contributed by atoms with Crippen molar-refractivity contribution >= 4 is 17.4 Å². The van der Waals surface area contributed by atoms with E-state index in [1.54, 1.807) is 0 Å². The Kier molecular flexibility index (Phi) is 4.60. The number of allylic oxidation sites excluding steroid dienone is 3. The van der Waals surface area contributed by atoms with Gasteiger partial charge in [-0.2, -0.15) is 0 Å². The van der Waals surface area contributed by atoms with Gasteiger partial charge in [-0.15, -0.1) is 11.6 Å². The van der Waals surface area contributed by atoms with E-state index in [0.29, 0.717) is 30.1 Å². The first kappa shape index (κ1) is 19.2. The molecule has 5 heteroatoms. The van der Waals surface area contributed by atoms with E-state index in [1.807, 2.05) is 6.92 Å². The Bertz CT molecular complexity index is 753. The highest BCUT2D eigenvalue weighted by Gasteiger charge is 2.59. The fourth-order valence-corrected chi connectivity index (χ4v) is 5.38. The summed E-state index contributed by atoms with van der Waals surface area (Å²) >= 11 is 6.33. The SMILES string of the molecule is C=C(C)C(Cl)CC=C(C)C1CCC2(C)OC3=C(CC12)C(=O)C1(O)COC3C1. The van der Waals surface area contributed by atoms with Crippen LogP contribution in [0.4, 0.5) is 0 Å². The minimum absolute atomic E-state index is 0.0494. The van der Waals surface area contributed by atoms with E-state index >= 15 is 0 Å². The zero-order valence-electron chi connectivity index (χ0n) is 16.4. The quantitative estimate of drug-likeness (QED) is 0.578. The predicted octanol–water partition coefficient (Wildman–Crippen LogP) is 4.07. The van der Waals surface area contributed by atoms with Crippen LogP contribution in [0.2, 0.25) is 0 Å². The highest BCUT2D eigenvalue weighted by atomic mass is 35.5. The maximum Gasteiger partial charge on any atom is 0.196 e. The fourth-order valence-electron chi connectivity index (χ4n) is 5.29. The number of carbonyl (C=O) groups excluding carboxylic acids is 1. The summed E-state index contributed by atoms with van der Waals surface area (Å²) in [5.41, 5.74) is 1.31. The molecular weight excluding hydrogens is 364 g/mol. The zero-order valence-corrected chi connectivity index (χ0v) is 17.1. The van der Waals surface area contributed by atoms with Crippen LogP contribution in [-0.2, 0) is 14.3 Å². The molecule has 1 saturated heterocycles. The smallest absolute Gasteiger partial charge is 0.196 e. The molecule has 2 heterocycles. The van der Waals surface area contributed by atoms with E-state index in [0.717, 1.165) is 24.8 Å². The summed E-state index contributed by atoms with van der Waals surface area (Å²) in [4.78, 5) is 12.9. The van der Waals surface area contributed by atoms with Crippen LogP contribution in [-0.4, -0.2) is 40.2 Å². The van der Waals surface area contributed by atoms with Gasteiger partial charge in [-0.05, 0) is 52.4 Å². The molecule has 2 bridgehead atoms. The average Bonchev–Trinajstić information content (AvgIpc) is 3.15. The lowest BCUT2D eigenvalue weighted by Gasteiger charge is -2.44. The largest absolute Gasteiger partial charge is 0.488 e. The molecule has 2 aliphatic carbocycles. The third-order valence-corrected chi connectivity index (χ3v) is 7.64. The maximum absolute atomic E-state index is 12.9. The van der Waals surface area contributed by atoms with Gasteiger partial charge in [0.25, 0.3) is 0 Å². The van der Waals surface area contributed by atoms with Crippen LogP contribution in [0.25, 0.3) is 0 Å². The molecule has 2 aliphatic heterocycles. The zero-order chi connectivity index (χ0) is 19.6. The van der Waals surface area contributed by atoms with Crippen LogP contribution in [0, 0.1) is 11.8 Å². The van der Waals surface area contributed by atoms with Crippen molar-refractivity contribution in [3.8, 4) is 0 Å². The second-order valence-electron chi connectivity index (χ2n) is 9.08. The molecule has 4 rings (SSSR count). The van der Waals surface area contributed by atoms with Crippen LogP contribution in [0.1, 0.15) is 52.9 Å². The highest BCUT2D eigenvalue weighted by Crippen LogP contribution is 2.56. The van der Waals surface area contributed by atoms with Gasteiger partial charge in [0.15, 0.2) is 11.4 Å². The van der Waals surface area contributed by atoms with Crippen molar-refractivity contribution in [3.05, 3.63) is 35.1 Å². The molecule has 0 aromatic rings. The van der Waals surface area contributed by atoms with Crippen LogP contribution < -0.4 is 0 Å². The number of hydrogen-bond acceptors (Lipinski definition) is 4. The van der Waals surface area contributed by atoms with E-state index < -0.39 is 5.60 Å². The molecule has 0 aromatic carbocycles. The molecule has 4 nitrogen and oxygen atoms in total. The van der Waals surface area contributed by atoms with Crippen LogP contribution in [0.5, 0.6) is 0 Å². The molecule has 2 fully saturated rings. The Labute approximate surface area is 166 Å². The minimum atomic E-state index is -1.35. The van der Waals surface area contributed by atoms with Gasteiger partial charge in [-0.1, -0.05) is 23.8 Å². The van der Waals surface area contributed by atoms with Crippen LogP contribution >= 0.6 is 11.6 Å². The van der Waals surface area contributed by atoms with Crippen LogP contribution in [0.15, 0.2) is 35.1 Å². The number of carbonyl (C=O) groups is 1. The molecule has 6 atom stereocenters. The second-order valence-corrected chi connectivity index (χ2v) is 9.60. The molecule has 1 saturated carbocycles. The first-order valence-corrected chi connectivity index (χ1v) is 10.4. The van der Waals surface area contributed by atoms with Crippen molar-refractivity contribution in [3.63, 3.8) is 0 Å². The Morgan fingerprint density at radius 1 is 1.48 bits per heavy atom. The van der Waals surface area contributed by atoms with E-state index in [2.05, 4.69) is 26.5 Å². The molecule has 0 radical (unpaired) electrons. The predicted molar refractivity (Wildman–Crippen MR) is 104 cm³/mol. The molecule has 27 heavy (non-hydrogen) atoms. The van der Waals surface area contributed by atoms with Crippen molar-refractivity contribution in [2.75, 3.05) is 6.61 Å². The Morgan fingerprint density at radius 3 is 2.93 bits per heavy atom. The summed E-state index contributed by atoms with van der Waals surface area (Å²) in [6.45, 7) is 10.3. The van der Waals surface area contributed by atoms with Gasteiger partial charge in [0.05, 0.1) is 12.0 Å². The normalized spacial score (nSPS) is 41.9. The number of hydrogen-bond donors (Lipinski definition) is 1. The summed E-state index contributed by atoms with van der Waals surface area (Å²) in [5, 5.41) is 10.6. The lowest BCUT2D eigenvalue weighted by Crippen LogP contribution is -2.49. The lowest BCUT2D eigenvalue weighted by atomic mass is 9.72. The number of ketones is 1. The molecule has 1 N–H and O–H groups in total. The fraction of sp³-hybridized carbons (Fsp3) is 0.682. The summed E-state index contributed by atoms with van der Waals surface area (Å²) in [6, 6.07) is 0. The number of aliphatic hydroxyl groups is 1. The number of Topliss-reactive ketones (excluding diaryl/α,β-unsaturated/α-hetero) is 1. The Hall–Kier alpha value is -1.10. The summed E-state index contributed by atoms with van der Waals surface area (Å²) in [7, 11) is 0. The second kappa shape index (κ2) is 6.47. The Morgan fingerprint density at radius 2 is 2.22 bits per heavy atom. The number of fused-ring (bicyclic) bond motifs is 4. The van der Waals surface area contributed by atoms with Gasteiger partial charge in [0.1, 0.15) is 17.5 Å². The van der Waals surface area contributed by atoms with Crippen molar-refractivity contribution in [1.29, 1.82) is 0 Å². The van der Waals surface area contributed by atoms with E-state index in [1.165, 1.54) is 5.57 Å². The molecular formula is C22H29ClO4. The monoisotopic (exact) mass is 392 g/mol. The summed E-state index contributed by atoms with van der Waals surface area (Å²) < 4.78 is 12.1.